The molecule has 0 bridgehead atoms. The van der Waals surface area contributed by atoms with Gasteiger partial charge in [-0.05, 0) is 50.8 Å². The fraction of sp³-hybridized carbons (Fsp3) is 0.500. The number of methoxy groups -OCH3 is 1. The zero-order valence-electron chi connectivity index (χ0n) is 13.8. The van der Waals surface area contributed by atoms with Gasteiger partial charge in [0.1, 0.15) is 5.60 Å². The SMILES string of the molecule is COC=CC1(CNC(=O)OC(C)(C)C)Cc2ccccc2C1. The number of carbonyl (C=O) groups is 1. The van der Waals surface area contributed by atoms with Gasteiger partial charge in [-0.1, -0.05) is 24.3 Å². The molecular formula is C18H25NO3. The molecule has 0 aromatic heterocycles. The number of ether oxygens (including phenoxy) is 2. The van der Waals surface area contributed by atoms with Crippen LogP contribution >= 0.6 is 0 Å². The molecule has 0 aliphatic heterocycles. The Balaban J connectivity index is 2.06. The lowest BCUT2D eigenvalue weighted by Gasteiger charge is -2.27. The number of alkyl carbamates (subject to hydrolysis) is 1. The maximum atomic E-state index is 11.9. The van der Waals surface area contributed by atoms with Crippen LogP contribution in [0.4, 0.5) is 4.79 Å². The maximum absolute atomic E-state index is 11.9. The van der Waals surface area contributed by atoms with Gasteiger partial charge in [0.2, 0.25) is 0 Å². The number of carbonyl (C=O) groups excluding carboxylic acids is 1. The molecule has 0 fully saturated rings. The van der Waals surface area contributed by atoms with Gasteiger partial charge in [0, 0.05) is 12.0 Å². The van der Waals surface area contributed by atoms with Crippen molar-refractivity contribution in [2.45, 2.75) is 39.2 Å². The number of hydrogen-bond donors (Lipinski definition) is 1. The molecule has 0 saturated carbocycles. The van der Waals surface area contributed by atoms with Crippen molar-refractivity contribution >= 4 is 6.09 Å². The molecule has 0 saturated heterocycles. The third kappa shape index (κ3) is 4.26. The summed E-state index contributed by atoms with van der Waals surface area (Å²) < 4.78 is 10.4. The van der Waals surface area contributed by atoms with E-state index < -0.39 is 5.60 Å². The van der Waals surface area contributed by atoms with Gasteiger partial charge in [0.25, 0.3) is 0 Å². The number of fused-ring (bicyclic) bond motifs is 1. The predicted octanol–water partition coefficient (Wildman–Crippen LogP) is 3.46. The van der Waals surface area contributed by atoms with Crippen LogP contribution in [-0.4, -0.2) is 25.3 Å². The van der Waals surface area contributed by atoms with E-state index in [9.17, 15) is 4.79 Å². The van der Waals surface area contributed by atoms with E-state index in [2.05, 4.69) is 29.6 Å². The van der Waals surface area contributed by atoms with E-state index in [0.717, 1.165) is 12.8 Å². The monoisotopic (exact) mass is 303 g/mol. The molecule has 0 heterocycles. The number of nitrogens with one attached hydrogen (secondary N) is 1. The highest BCUT2D eigenvalue weighted by molar-refractivity contribution is 5.67. The van der Waals surface area contributed by atoms with Crippen LogP contribution in [0.5, 0.6) is 0 Å². The topological polar surface area (TPSA) is 47.6 Å². The van der Waals surface area contributed by atoms with E-state index in [0.29, 0.717) is 6.54 Å². The van der Waals surface area contributed by atoms with E-state index in [1.807, 2.05) is 26.8 Å². The molecule has 0 spiro atoms. The van der Waals surface area contributed by atoms with Crippen molar-refractivity contribution in [2.24, 2.45) is 5.41 Å². The molecule has 4 nitrogen and oxygen atoms in total. The average molecular weight is 303 g/mol. The molecule has 120 valence electrons. The Morgan fingerprint density at radius 3 is 2.36 bits per heavy atom. The van der Waals surface area contributed by atoms with Crippen LogP contribution in [0.3, 0.4) is 0 Å². The van der Waals surface area contributed by atoms with Crippen molar-refractivity contribution in [3.05, 3.63) is 47.7 Å². The Morgan fingerprint density at radius 2 is 1.86 bits per heavy atom. The Hall–Kier alpha value is -1.97. The lowest BCUT2D eigenvalue weighted by Crippen LogP contribution is -2.40. The van der Waals surface area contributed by atoms with Crippen LogP contribution in [-0.2, 0) is 22.3 Å². The van der Waals surface area contributed by atoms with Crippen molar-refractivity contribution in [1.29, 1.82) is 0 Å². The van der Waals surface area contributed by atoms with Crippen LogP contribution in [0.15, 0.2) is 36.6 Å². The van der Waals surface area contributed by atoms with E-state index in [4.69, 9.17) is 9.47 Å². The summed E-state index contributed by atoms with van der Waals surface area (Å²) in [5.74, 6) is 0. The summed E-state index contributed by atoms with van der Waals surface area (Å²) in [6.45, 7) is 6.10. The van der Waals surface area contributed by atoms with Gasteiger partial charge in [0.05, 0.1) is 13.4 Å². The highest BCUT2D eigenvalue weighted by atomic mass is 16.6. The van der Waals surface area contributed by atoms with Crippen molar-refractivity contribution < 1.29 is 14.3 Å². The molecular weight excluding hydrogens is 278 g/mol. The Bertz CT molecular complexity index is 533. The Morgan fingerprint density at radius 1 is 1.27 bits per heavy atom. The minimum Gasteiger partial charge on any atom is -0.505 e. The first kappa shape index (κ1) is 16.4. The number of rotatable bonds is 4. The zero-order chi connectivity index (χ0) is 16.2. The van der Waals surface area contributed by atoms with Gasteiger partial charge in [-0.2, -0.15) is 0 Å². The Kier molecular flexibility index (Phi) is 4.79. The van der Waals surface area contributed by atoms with Gasteiger partial charge >= 0.3 is 6.09 Å². The zero-order valence-corrected chi connectivity index (χ0v) is 13.8. The van der Waals surface area contributed by atoms with Gasteiger partial charge < -0.3 is 14.8 Å². The van der Waals surface area contributed by atoms with Gasteiger partial charge in [-0.15, -0.1) is 0 Å². The summed E-state index contributed by atoms with van der Waals surface area (Å²) >= 11 is 0. The van der Waals surface area contributed by atoms with Gasteiger partial charge in [0.15, 0.2) is 0 Å². The minimum atomic E-state index is -0.488. The van der Waals surface area contributed by atoms with Crippen molar-refractivity contribution in [1.82, 2.24) is 5.32 Å². The molecule has 4 heteroatoms. The lowest BCUT2D eigenvalue weighted by molar-refractivity contribution is 0.0510. The van der Waals surface area contributed by atoms with E-state index in [1.54, 1.807) is 13.4 Å². The number of amides is 1. The fourth-order valence-corrected chi connectivity index (χ4v) is 2.80. The van der Waals surface area contributed by atoms with Crippen molar-refractivity contribution in [3.63, 3.8) is 0 Å². The standard InChI is InChI=1S/C18H25NO3/c1-17(2,3)22-16(20)19-13-18(9-10-21-4)11-14-7-5-6-8-15(14)12-18/h5-10H,11-13H2,1-4H3,(H,19,20). The first-order chi connectivity index (χ1) is 10.3. The van der Waals surface area contributed by atoms with Crippen LogP contribution in [0.25, 0.3) is 0 Å². The lowest BCUT2D eigenvalue weighted by atomic mass is 9.84. The van der Waals surface area contributed by atoms with Crippen LogP contribution in [0.2, 0.25) is 0 Å². The second-order valence-electron chi connectivity index (χ2n) is 6.88. The number of benzene rings is 1. The molecule has 0 radical (unpaired) electrons. The molecule has 2 rings (SSSR count). The van der Waals surface area contributed by atoms with Gasteiger partial charge in [-0.25, -0.2) is 4.79 Å². The van der Waals surface area contributed by atoms with Crippen molar-refractivity contribution in [2.75, 3.05) is 13.7 Å². The molecule has 1 N–H and O–H groups in total. The summed E-state index contributed by atoms with van der Waals surface area (Å²) in [4.78, 5) is 11.9. The molecule has 1 amide bonds. The van der Waals surface area contributed by atoms with Crippen LogP contribution in [0, 0.1) is 5.41 Å². The number of hydrogen-bond acceptors (Lipinski definition) is 3. The quantitative estimate of drug-likeness (QED) is 0.867. The highest BCUT2D eigenvalue weighted by Gasteiger charge is 2.35. The molecule has 1 aromatic rings. The normalized spacial score (nSPS) is 16.4. The smallest absolute Gasteiger partial charge is 0.407 e. The fourth-order valence-electron chi connectivity index (χ4n) is 2.80. The highest BCUT2D eigenvalue weighted by Crippen LogP contribution is 2.37. The third-order valence-electron chi connectivity index (χ3n) is 3.74. The molecule has 22 heavy (non-hydrogen) atoms. The molecule has 1 aromatic carbocycles. The molecule has 1 aliphatic rings. The summed E-state index contributed by atoms with van der Waals surface area (Å²) in [6.07, 6.45) is 5.14. The summed E-state index contributed by atoms with van der Waals surface area (Å²) in [5.41, 5.74) is 2.01. The molecule has 1 aliphatic carbocycles. The minimum absolute atomic E-state index is 0.156. The van der Waals surface area contributed by atoms with E-state index >= 15 is 0 Å². The Labute approximate surface area is 132 Å². The summed E-state index contributed by atoms with van der Waals surface area (Å²) in [5, 5.41) is 2.90. The first-order valence-corrected chi connectivity index (χ1v) is 7.58. The van der Waals surface area contributed by atoms with E-state index in [-0.39, 0.29) is 11.5 Å². The maximum Gasteiger partial charge on any atom is 0.407 e. The summed E-state index contributed by atoms with van der Waals surface area (Å²) in [7, 11) is 1.63. The molecule has 0 atom stereocenters. The van der Waals surface area contributed by atoms with Crippen LogP contribution in [0.1, 0.15) is 31.9 Å². The second-order valence-corrected chi connectivity index (χ2v) is 6.88. The molecule has 0 unspecified atom stereocenters. The van der Waals surface area contributed by atoms with E-state index in [1.165, 1.54) is 11.1 Å². The van der Waals surface area contributed by atoms with Gasteiger partial charge in [-0.3, -0.25) is 0 Å². The second kappa shape index (κ2) is 6.42. The average Bonchev–Trinajstić information content (AvgIpc) is 2.80. The third-order valence-corrected chi connectivity index (χ3v) is 3.74. The van der Waals surface area contributed by atoms with Crippen molar-refractivity contribution in [3.8, 4) is 0 Å². The largest absolute Gasteiger partial charge is 0.505 e. The summed E-state index contributed by atoms with van der Waals surface area (Å²) in [6, 6.07) is 8.39. The first-order valence-electron chi connectivity index (χ1n) is 7.58. The predicted molar refractivity (Wildman–Crippen MR) is 86.7 cm³/mol. The van der Waals surface area contributed by atoms with Crippen LogP contribution < -0.4 is 5.32 Å².